The summed E-state index contributed by atoms with van der Waals surface area (Å²) in [6, 6.07) is 11.1. The van der Waals surface area contributed by atoms with Gasteiger partial charge in [-0.15, -0.1) is 11.8 Å². The van der Waals surface area contributed by atoms with Crippen LogP contribution in [0.25, 0.3) is 0 Å². The first-order valence-electron chi connectivity index (χ1n) is 7.59. The lowest BCUT2D eigenvalue weighted by Crippen LogP contribution is -2.50. The molecule has 0 saturated carbocycles. The average molecular weight is 361 g/mol. The van der Waals surface area contributed by atoms with Crippen LogP contribution < -0.4 is 16.2 Å². The third-order valence-electron chi connectivity index (χ3n) is 3.21. The Morgan fingerprint density at radius 1 is 1.08 bits per heavy atom. The summed E-state index contributed by atoms with van der Waals surface area (Å²) in [6.45, 7) is 3.78. The molecule has 0 unspecified atom stereocenters. The summed E-state index contributed by atoms with van der Waals surface area (Å²) >= 11 is 1.35. The molecule has 1 aromatic carbocycles. The van der Waals surface area contributed by atoms with E-state index in [9.17, 15) is 14.4 Å². The summed E-state index contributed by atoms with van der Waals surface area (Å²) < 4.78 is 5.04. The van der Waals surface area contributed by atoms with Crippen LogP contribution >= 0.6 is 11.8 Å². The molecule has 0 fully saturated rings. The molecule has 0 aliphatic heterocycles. The minimum atomic E-state index is -0.951. The molecule has 1 aromatic heterocycles. The molecular weight excluding hydrogens is 342 g/mol. The minimum absolute atomic E-state index is 0.0902. The van der Waals surface area contributed by atoms with Gasteiger partial charge in [0.2, 0.25) is 0 Å². The van der Waals surface area contributed by atoms with E-state index in [4.69, 9.17) is 4.42 Å². The van der Waals surface area contributed by atoms with Crippen molar-refractivity contribution in [3.8, 4) is 0 Å². The molecule has 0 aliphatic rings. The van der Waals surface area contributed by atoms with Gasteiger partial charge in [-0.25, -0.2) is 0 Å². The summed E-state index contributed by atoms with van der Waals surface area (Å²) in [5.74, 6) is -1.70. The number of nitrogens with one attached hydrogen (secondary N) is 3. The molecule has 7 nitrogen and oxygen atoms in total. The van der Waals surface area contributed by atoms with E-state index < -0.39 is 23.0 Å². The Balaban J connectivity index is 1.73. The zero-order chi connectivity index (χ0) is 18.2. The van der Waals surface area contributed by atoms with E-state index in [1.54, 1.807) is 19.1 Å². The lowest BCUT2D eigenvalue weighted by atomic mass is 10.2. The summed E-state index contributed by atoms with van der Waals surface area (Å²) in [6.07, 6.45) is 1.47. The van der Waals surface area contributed by atoms with E-state index in [0.29, 0.717) is 5.76 Å². The Morgan fingerprint density at radius 2 is 1.80 bits per heavy atom. The zero-order valence-electron chi connectivity index (χ0n) is 13.9. The van der Waals surface area contributed by atoms with E-state index >= 15 is 0 Å². The molecule has 0 saturated heterocycles. The Labute approximate surface area is 149 Å². The fourth-order valence-corrected chi connectivity index (χ4v) is 2.68. The first-order valence-corrected chi connectivity index (χ1v) is 8.47. The molecule has 0 aliphatic carbocycles. The highest BCUT2D eigenvalue weighted by Crippen LogP contribution is 2.23. The number of amides is 3. The van der Waals surface area contributed by atoms with Gasteiger partial charge in [0, 0.05) is 4.90 Å². The highest BCUT2D eigenvalue weighted by Gasteiger charge is 2.18. The van der Waals surface area contributed by atoms with Crippen LogP contribution in [0, 0.1) is 6.92 Å². The number of furan rings is 1. The first-order chi connectivity index (χ1) is 12.0. The first kappa shape index (κ1) is 18.6. The standard InChI is InChI=1S/C17H19N3O4S/c1-11-5-7-14(8-6-11)25-12(2)15(21)19-20-17(23)16(22)18-10-13-4-3-9-24-13/h3-9,12H,10H2,1-2H3,(H,18,22)(H,19,21)(H,20,23)/t12-/m1/s1. The number of carbonyl (C=O) groups is 3. The van der Waals surface area contributed by atoms with Gasteiger partial charge in [0.1, 0.15) is 5.76 Å². The van der Waals surface area contributed by atoms with Gasteiger partial charge in [-0.3, -0.25) is 25.2 Å². The molecule has 3 N–H and O–H groups in total. The molecule has 1 heterocycles. The summed E-state index contributed by atoms with van der Waals surface area (Å²) in [4.78, 5) is 36.2. The van der Waals surface area contributed by atoms with Crippen LogP contribution in [-0.4, -0.2) is 23.0 Å². The van der Waals surface area contributed by atoms with Gasteiger partial charge in [0.25, 0.3) is 5.91 Å². The number of aryl methyl sites for hydroxylation is 1. The van der Waals surface area contributed by atoms with Crippen molar-refractivity contribution in [1.82, 2.24) is 16.2 Å². The Kier molecular flexibility index (Phi) is 6.64. The summed E-state index contributed by atoms with van der Waals surface area (Å²) in [5, 5.41) is 1.95. The zero-order valence-corrected chi connectivity index (χ0v) is 14.7. The second-order valence-corrected chi connectivity index (χ2v) is 6.69. The smallest absolute Gasteiger partial charge is 0.327 e. The minimum Gasteiger partial charge on any atom is -0.467 e. The molecule has 0 radical (unpaired) electrons. The van der Waals surface area contributed by atoms with E-state index in [2.05, 4.69) is 16.2 Å². The third kappa shape index (κ3) is 6.00. The van der Waals surface area contributed by atoms with Crippen LogP contribution in [0.1, 0.15) is 18.2 Å². The number of hydrogen-bond donors (Lipinski definition) is 3. The lowest BCUT2D eigenvalue weighted by Gasteiger charge is -2.12. The van der Waals surface area contributed by atoms with Crippen molar-refractivity contribution in [2.75, 3.05) is 0 Å². The molecule has 2 rings (SSSR count). The molecule has 8 heteroatoms. The normalized spacial score (nSPS) is 11.4. The number of rotatable bonds is 5. The van der Waals surface area contributed by atoms with Crippen molar-refractivity contribution in [1.29, 1.82) is 0 Å². The Hall–Kier alpha value is -2.74. The molecule has 3 amide bonds. The molecule has 0 bridgehead atoms. The van der Waals surface area contributed by atoms with Crippen LogP contribution in [0.15, 0.2) is 52.0 Å². The van der Waals surface area contributed by atoms with E-state index in [-0.39, 0.29) is 6.54 Å². The molecule has 1 atom stereocenters. The predicted molar refractivity (Wildman–Crippen MR) is 93.3 cm³/mol. The maximum absolute atomic E-state index is 12.0. The molecule has 2 aromatic rings. The quantitative estimate of drug-likeness (QED) is 0.426. The monoisotopic (exact) mass is 361 g/mol. The van der Waals surface area contributed by atoms with Gasteiger partial charge in [-0.1, -0.05) is 17.7 Å². The maximum atomic E-state index is 12.0. The number of thioether (sulfide) groups is 1. The number of benzene rings is 1. The largest absolute Gasteiger partial charge is 0.467 e. The van der Waals surface area contributed by atoms with Gasteiger partial charge in [0.15, 0.2) is 0 Å². The average Bonchev–Trinajstić information content (AvgIpc) is 3.12. The topological polar surface area (TPSA) is 100 Å². The van der Waals surface area contributed by atoms with Gasteiger partial charge in [-0.05, 0) is 38.1 Å². The molecule has 0 spiro atoms. The predicted octanol–water partition coefficient (Wildman–Crippen LogP) is 1.53. The van der Waals surface area contributed by atoms with Crippen molar-refractivity contribution in [3.05, 3.63) is 54.0 Å². The number of hydrogen-bond acceptors (Lipinski definition) is 5. The van der Waals surface area contributed by atoms with Crippen molar-refractivity contribution < 1.29 is 18.8 Å². The van der Waals surface area contributed by atoms with Crippen molar-refractivity contribution in [3.63, 3.8) is 0 Å². The van der Waals surface area contributed by atoms with Crippen molar-refractivity contribution >= 4 is 29.5 Å². The van der Waals surface area contributed by atoms with Gasteiger partial charge >= 0.3 is 11.8 Å². The van der Waals surface area contributed by atoms with Crippen LogP contribution in [0.4, 0.5) is 0 Å². The maximum Gasteiger partial charge on any atom is 0.327 e. The molecule has 25 heavy (non-hydrogen) atoms. The van der Waals surface area contributed by atoms with E-state index in [1.165, 1.54) is 18.0 Å². The lowest BCUT2D eigenvalue weighted by molar-refractivity contribution is -0.141. The summed E-state index contributed by atoms with van der Waals surface area (Å²) in [5.41, 5.74) is 5.47. The van der Waals surface area contributed by atoms with Crippen LogP contribution in [0.5, 0.6) is 0 Å². The Morgan fingerprint density at radius 3 is 2.44 bits per heavy atom. The third-order valence-corrected chi connectivity index (χ3v) is 4.32. The number of carbonyl (C=O) groups excluding carboxylic acids is 3. The second kappa shape index (κ2) is 8.93. The highest BCUT2D eigenvalue weighted by atomic mass is 32.2. The van der Waals surface area contributed by atoms with E-state index in [0.717, 1.165) is 10.5 Å². The van der Waals surface area contributed by atoms with Crippen molar-refractivity contribution in [2.45, 2.75) is 30.5 Å². The SMILES string of the molecule is Cc1ccc(S[C@H](C)C(=O)NNC(=O)C(=O)NCc2ccco2)cc1. The van der Waals surface area contributed by atoms with Crippen LogP contribution in [-0.2, 0) is 20.9 Å². The molecule has 132 valence electrons. The van der Waals surface area contributed by atoms with Gasteiger partial charge in [0.05, 0.1) is 18.1 Å². The number of hydrazine groups is 1. The van der Waals surface area contributed by atoms with Gasteiger partial charge in [-0.2, -0.15) is 0 Å². The van der Waals surface area contributed by atoms with Gasteiger partial charge < -0.3 is 9.73 Å². The Bertz CT molecular complexity index is 729. The summed E-state index contributed by atoms with van der Waals surface area (Å²) in [7, 11) is 0. The highest BCUT2D eigenvalue weighted by molar-refractivity contribution is 8.00. The fourth-order valence-electron chi connectivity index (χ4n) is 1.81. The van der Waals surface area contributed by atoms with E-state index in [1.807, 2.05) is 31.2 Å². The molecular formula is C17H19N3O4S. The fraction of sp³-hybridized carbons (Fsp3) is 0.235. The van der Waals surface area contributed by atoms with Crippen molar-refractivity contribution in [2.24, 2.45) is 0 Å². The van der Waals surface area contributed by atoms with Crippen LogP contribution in [0.3, 0.4) is 0 Å². The second-order valence-electron chi connectivity index (χ2n) is 5.28. The van der Waals surface area contributed by atoms with Crippen LogP contribution in [0.2, 0.25) is 0 Å².